The Morgan fingerprint density at radius 1 is 1.12 bits per heavy atom. The zero-order valence-corrected chi connectivity index (χ0v) is 18.3. The minimum Gasteiger partial charge on any atom is -0.497 e. The molecule has 2 N–H and O–H groups in total. The van der Waals surface area contributed by atoms with Crippen LogP contribution in [-0.4, -0.2) is 53.5 Å². The number of methoxy groups -OCH3 is 1. The fraction of sp³-hybridized carbons (Fsp3) is 0.160. The van der Waals surface area contributed by atoms with Crippen LogP contribution < -0.4 is 10.1 Å². The third kappa shape index (κ3) is 4.84. The summed E-state index contributed by atoms with van der Waals surface area (Å²) < 4.78 is 5.47. The maximum atomic E-state index is 12.3. The number of aromatic amines is 1. The molecule has 0 radical (unpaired) electrons. The van der Waals surface area contributed by atoms with Gasteiger partial charge < -0.3 is 19.9 Å². The molecule has 32 heavy (non-hydrogen) atoms. The Morgan fingerprint density at radius 3 is 2.69 bits per heavy atom. The number of carbonyl (C=O) groups is 1. The number of rotatable bonds is 7. The van der Waals surface area contributed by atoms with E-state index in [-0.39, 0.29) is 5.91 Å². The van der Waals surface area contributed by atoms with Crippen LogP contribution in [0.1, 0.15) is 0 Å². The Kier molecular flexibility index (Phi) is 6.28. The number of anilines is 1. The first kappa shape index (κ1) is 21.3. The van der Waals surface area contributed by atoms with Gasteiger partial charge in [0.05, 0.1) is 7.11 Å². The van der Waals surface area contributed by atoms with E-state index < -0.39 is 0 Å². The first-order chi connectivity index (χ1) is 15.5. The summed E-state index contributed by atoms with van der Waals surface area (Å²) in [5.74, 6) is 0.462. The molecule has 4 rings (SSSR count). The monoisotopic (exact) mass is 427 g/mol. The maximum Gasteiger partial charge on any atom is 0.248 e. The molecule has 3 heterocycles. The van der Waals surface area contributed by atoms with E-state index in [0.29, 0.717) is 18.0 Å². The second kappa shape index (κ2) is 9.45. The molecule has 0 aliphatic rings. The van der Waals surface area contributed by atoms with Gasteiger partial charge in [-0.2, -0.15) is 0 Å². The van der Waals surface area contributed by atoms with Gasteiger partial charge in [-0.3, -0.25) is 9.78 Å². The molecular formula is C25H25N5O2. The van der Waals surface area contributed by atoms with Crippen LogP contribution in [0.2, 0.25) is 0 Å². The molecule has 0 unspecified atom stereocenters. The number of nitrogens with one attached hydrogen (secondary N) is 2. The number of ether oxygens (including phenoxy) is 1. The molecule has 0 aliphatic heterocycles. The first-order valence-electron chi connectivity index (χ1n) is 10.2. The minimum atomic E-state index is -0.190. The number of amides is 1. The Labute approximate surface area is 186 Å². The van der Waals surface area contributed by atoms with E-state index in [2.05, 4.69) is 26.3 Å². The van der Waals surface area contributed by atoms with E-state index in [1.54, 1.807) is 25.6 Å². The van der Waals surface area contributed by atoms with Crippen molar-refractivity contribution in [1.29, 1.82) is 0 Å². The largest absolute Gasteiger partial charge is 0.497 e. The summed E-state index contributed by atoms with van der Waals surface area (Å²) in [5.41, 5.74) is 5.40. The zero-order valence-electron chi connectivity index (χ0n) is 18.3. The van der Waals surface area contributed by atoms with Gasteiger partial charge in [-0.1, -0.05) is 6.08 Å². The van der Waals surface area contributed by atoms with Crippen LogP contribution in [0.15, 0.2) is 73.3 Å². The summed E-state index contributed by atoms with van der Waals surface area (Å²) in [7, 11) is 5.51. The molecule has 0 saturated heterocycles. The van der Waals surface area contributed by atoms with Crippen molar-refractivity contribution in [1.82, 2.24) is 19.9 Å². The van der Waals surface area contributed by atoms with E-state index in [9.17, 15) is 4.79 Å². The van der Waals surface area contributed by atoms with Crippen LogP contribution in [-0.2, 0) is 4.79 Å². The smallest absolute Gasteiger partial charge is 0.248 e. The predicted molar refractivity (Wildman–Crippen MR) is 128 cm³/mol. The molecule has 0 atom stereocenters. The van der Waals surface area contributed by atoms with Crippen molar-refractivity contribution in [3.63, 3.8) is 0 Å². The van der Waals surface area contributed by atoms with Crippen LogP contribution in [0.5, 0.6) is 5.75 Å². The van der Waals surface area contributed by atoms with E-state index in [4.69, 9.17) is 4.74 Å². The van der Waals surface area contributed by atoms with Gasteiger partial charge in [-0.25, -0.2) is 4.98 Å². The quantitative estimate of drug-likeness (QED) is 0.428. The zero-order chi connectivity index (χ0) is 22.5. The highest BCUT2D eigenvalue weighted by molar-refractivity contribution is 6.00. The third-order valence-corrected chi connectivity index (χ3v) is 5.01. The van der Waals surface area contributed by atoms with Gasteiger partial charge in [0.15, 0.2) is 0 Å². The lowest BCUT2D eigenvalue weighted by Gasteiger charge is -2.10. The van der Waals surface area contributed by atoms with Gasteiger partial charge in [0.1, 0.15) is 11.4 Å². The van der Waals surface area contributed by atoms with Gasteiger partial charge in [0.2, 0.25) is 5.91 Å². The minimum absolute atomic E-state index is 0.190. The van der Waals surface area contributed by atoms with Crippen LogP contribution >= 0.6 is 0 Å². The van der Waals surface area contributed by atoms with Gasteiger partial charge in [-0.15, -0.1) is 0 Å². The van der Waals surface area contributed by atoms with Crippen molar-refractivity contribution in [3.8, 4) is 28.0 Å². The number of fused-ring (bicyclic) bond motifs is 1. The fourth-order valence-corrected chi connectivity index (χ4v) is 3.44. The summed E-state index contributed by atoms with van der Waals surface area (Å²) in [5, 5.41) is 3.92. The van der Waals surface area contributed by atoms with Crippen LogP contribution in [0.4, 0.5) is 5.69 Å². The number of carbonyl (C=O) groups excluding carboxylic acids is 1. The van der Waals surface area contributed by atoms with Crippen molar-refractivity contribution in [2.75, 3.05) is 33.1 Å². The highest BCUT2D eigenvalue weighted by atomic mass is 16.5. The van der Waals surface area contributed by atoms with Crippen LogP contribution in [0.3, 0.4) is 0 Å². The standard InChI is InChI=1S/C25H25N5O2/c1-30(2)10-4-5-24(31)29-20-11-18(12-21(14-20)32-3)19-13-22-23(16-28-25(22)27-15-19)17-6-8-26-9-7-17/h4-9,11-16H,10H2,1-3H3,(H,27,28)(H,29,31)/b5-4+. The van der Waals surface area contributed by atoms with Gasteiger partial charge in [0, 0.05) is 65.7 Å². The number of hydrogen-bond acceptors (Lipinski definition) is 5. The molecule has 0 aliphatic carbocycles. The molecule has 1 amide bonds. The lowest BCUT2D eigenvalue weighted by Crippen LogP contribution is -2.13. The number of benzene rings is 1. The average Bonchev–Trinajstić information content (AvgIpc) is 3.22. The number of nitrogens with zero attached hydrogens (tertiary/aromatic N) is 3. The second-order valence-corrected chi connectivity index (χ2v) is 7.66. The molecule has 0 bridgehead atoms. The van der Waals surface area contributed by atoms with Crippen molar-refractivity contribution < 1.29 is 9.53 Å². The van der Waals surface area contributed by atoms with Crippen molar-refractivity contribution in [3.05, 3.63) is 73.3 Å². The predicted octanol–water partition coefficient (Wildman–Crippen LogP) is 4.36. The molecular weight excluding hydrogens is 402 g/mol. The molecule has 4 aromatic rings. The highest BCUT2D eigenvalue weighted by Gasteiger charge is 2.11. The van der Waals surface area contributed by atoms with Gasteiger partial charge >= 0.3 is 0 Å². The number of pyridine rings is 2. The molecule has 1 aromatic carbocycles. The molecule has 0 fully saturated rings. The maximum absolute atomic E-state index is 12.3. The first-order valence-corrected chi connectivity index (χ1v) is 10.2. The number of likely N-dealkylation sites (N-methyl/N-ethyl adjacent to an activating group) is 1. The third-order valence-electron chi connectivity index (χ3n) is 5.01. The molecule has 7 heteroatoms. The molecule has 162 valence electrons. The van der Waals surface area contributed by atoms with Crippen molar-refractivity contribution in [2.24, 2.45) is 0 Å². The fourth-order valence-electron chi connectivity index (χ4n) is 3.44. The van der Waals surface area contributed by atoms with Crippen LogP contribution in [0, 0.1) is 0 Å². The lowest BCUT2D eigenvalue weighted by molar-refractivity contribution is -0.111. The van der Waals surface area contributed by atoms with E-state index in [1.807, 2.05) is 61.7 Å². The second-order valence-electron chi connectivity index (χ2n) is 7.66. The summed E-state index contributed by atoms with van der Waals surface area (Å²) >= 11 is 0. The summed E-state index contributed by atoms with van der Waals surface area (Å²) in [6, 6.07) is 11.7. The Hall–Kier alpha value is -3.97. The molecule has 0 spiro atoms. The van der Waals surface area contributed by atoms with Crippen molar-refractivity contribution >= 4 is 22.6 Å². The van der Waals surface area contributed by atoms with Crippen molar-refractivity contribution in [2.45, 2.75) is 0 Å². The molecule has 7 nitrogen and oxygen atoms in total. The molecule has 0 saturated carbocycles. The van der Waals surface area contributed by atoms with E-state index in [1.165, 1.54) is 6.08 Å². The van der Waals surface area contributed by atoms with E-state index in [0.717, 1.165) is 33.3 Å². The SMILES string of the molecule is COc1cc(NC(=O)/C=C/CN(C)C)cc(-c2cnc3[nH]cc(-c4ccncc4)c3c2)c1. The topological polar surface area (TPSA) is 83.1 Å². The summed E-state index contributed by atoms with van der Waals surface area (Å²) in [4.78, 5) is 26.2. The Morgan fingerprint density at radius 2 is 1.94 bits per heavy atom. The number of aromatic nitrogens is 3. The summed E-state index contributed by atoms with van der Waals surface area (Å²) in [6.45, 7) is 0.693. The summed E-state index contributed by atoms with van der Waals surface area (Å²) in [6.07, 6.45) is 10.7. The number of H-pyrrole nitrogens is 1. The normalized spacial score (nSPS) is 11.4. The van der Waals surface area contributed by atoms with E-state index >= 15 is 0 Å². The highest BCUT2D eigenvalue weighted by Crippen LogP contribution is 2.33. The molecule has 3 aromatic heterocycles. The van der Waals surface area contributed by atoms with Gasteiger partial charge in [-0.05, 0) is 55.6 Å². The van der Waals surface area contributed by atoms with Gasteiger partial charge in [0.25, 0.3) is 0 Å². The van der Waals surface area contributed by atoms with Crippen LogP contribution in [0.25, 0.3) is 33.3 Å². The number of hydrogen-bond donors (Lipinski definition) is 2. The Balaban J connectivity index is 1.67. The lowest BCUT2D eigenvalue weighted by atomic mass is 10.0. The Bertz CT molecular complexity index is 1260. The average molecular weight is 428 g/mol.